The van der Waals surface area contributed by atoms with Gasteiger partial charge < -0.3 is 9.64 Å². The van der Waals surface area contributed by atoms with E-state index in [-0.39, 0.29) is 23.9 Å². The summed E-state index contributed by atoms with van der Waals surface area (Å²) in [6, 6.07) is 9.37. The Morgan fingerprint density at radius 2 is 1.76 bits per heavy atom. The van der Waals surface area contributed by atoms with Crippen molar-refractivity contribution in [3.8, 4) is 5.75 Å². The number of likely N-dealkylation sites (N-methyl/N-ethyl adjacent to an activating group) is 1. The highest BCUT2D eigenvalue weighted by Gasteiger charge is 2.07. The number of ether oxygens (including phenoxy) is 1. The summed E-state index contributed by atoms with van der Waals surface area (Å²) in [5.41, 5.74) is 0.502. The lowest BCUT2D eigenvalue weighted by atomic mass is 10.1. The van der Waals surface area contributed by atoms with Crippen molar-refractivity contribution in [3.05, 3.63) is 71.3 Å². The van der Waals surface area contributed by atoms with Gasteiger partial charge in [-0.25, -0.2) is 8.78 Å². The first-order chi connectivity index (χ1) is 11.9. The summed E-state index contributed by atoms with van der Waals surface area (Å²) in [5, 5.41) is 0. The van der Waals surface area contributed by atoms with Gasteiger partial charge in [0.1, 0.15) is 17.4 Å². The van der Waals surface area contributed by atoms with Crippen molar-refractivity contribution in [1.82, 2.24) is 4.90 Å². The van der Waals surface area contributed by atoms with Crippen molar-refractivity contribution in [2.45, 2.75) is 0 Å². The van der Waals surface area contributed by atoms with E-state index in [9.17, 15) is 18.4 Å². The van der Waals surface area contributed by atoms with Crippen molar-refractivity contribution in [3.63, 3.8) is 0 Å². The van der Waals surface area contributed by atoms with E-state index in [0.717, 1.165) is 12.1 Å². The molecule has 0 aliphatic heterocycles. The third-order valence-corrected chi connectivity index (χ3v) is 3.38. The molecular formula is C19H17F2NO3. The maximum atomic E-state index is 13.5. The van der Waals surface area contributed by atoms with E-state index in [1.165, 1.54) is 23.1 Å². The fraction of sp³-hybridized carbons (Fsp3) is 0.158. The maximum Gasteiger partial charge on any atom is 0.259 e. The minimum atomic E-state index is -0.738. The van der Waals surface area contributed by atoms with Crippen molar-refractivity contribution < 1.29 is 23.1 Å². The zero-order chi connectivity index (χ0) is 18.4. The molecule has 0 spiro atoms. The number of carbonyl (C=O) groups excluding carboxylic acids is 2. The average molecular weight is 345 g/mol. The van der Waals surface area contributed by atoms with Gasteiger partial charge in [-0.2, -0.15) is 0 Å². The predicted octanol–water partition coefficient (Wildman–Crippen LogP) is 3.33. The third-order valence-electron chi connectivity index (χ3n) is 3.38. The summed E-state index contributed by atoms with van der Waals surface area (Å²) in [6.07, 6.45) is 2.50. The quantitative estimate of drug-likeness (QED) is 0.596. The van der Waals surface area contributed by atoms with E-state index in [1.54, 1.807) is 38.4 Å². The van der Waals surface area contributed by atoms with E-state index in [1.807, 2.05) is 0 Å². The van der Waals surface area contributed by atoms with Crippen LogP contribution in [0.3, 0.4) is 0 Å². The number of halogens is 2. The van der Waals surface area contributed by atoms with Gasteiger partial charge in [0.05, 0.1) is 0 Å². The minimum absolute atomic E-state index is 0.0932. The van der Waals surface area contributed by atoms with Crippen LogP contribution in [0.25, 0.3) is 6.08 Å². The smallest absolute Gasteiger partial charge is 0.259 e. The van der Waals surface area contributed by atoms with Crippen LogP contribution >= 0.6 is 0 Å². The normalized spacial score (nSPS) is 10.7. The molecule has 2 aromatic rings. The van der Waals surface area contributed by atoms with Crippen molar-refractivity contribution in [1.29, 1.82) is 0 Å². The lowest BCUT2D eigenvalue weighted by Crippen LogP contribution is -2.27. The zero-order valence-corrected chi connectivity index (χ0v) is 13.8. The Morgan fingerprint density at radius 1 is 1.08 bits per heavy atom. The second kappa shape index (κ2) is 8.19. The topological polar surface area (TPSA) is 46.6 Å². The van der Waals surface area contributed by atoms with Gasteiger partial charge in [-0.05, 0) is 48.6 Å². The first kappa shape index (κ1) is 18.3. The molecule has 0 aromatic heterocycles. The van der Waals surface area contributed by atoms with Crippen molar-refractivity contribution >= 4 is 17.8 Å². The minimum Gasteiger partial charge on any atom is -0.484 e. The van der Waals surface area contributed by atoms with Crippen LogP contribution in [0.4, 0.5) is 8.78 Å². The second-order valence-corrected chi connectivity index (χ2v) is 5.46. The molecule has 4 nitrogen and oxygen atoms in total. The Bertz CT molecular complexity index is 799. The number of benzene rings is 2. The molecule has 0 saturated heterocycles. The van der Waals surface area contributed by atoms with Gasteiger partial charge in [-0.3, -0.25) is 9.59 Å². The summed E-state index contributed by atoms with van der Waals surface area (Å²) in [5.74, 6) is -1.47. The zero-order valence-electron chi connectivity index (χ0n) is 13.8. The molecule has 0 heterocycles. The molecule has 0 radical (unpaired) electrons. The number of allylic oxidation sites excluding steroid dienone is 1. The predicted molar refractivity (Wildman–Crippen MR) is 90.4 cm³/mol. The molecule has 0 unspecified atom stereocenters. The lowest BCUT2D eigenvalue weighted by Gasteiger charge is -2.11. The van der Waals surface area contributed by atoms with Gasteiger partial charge in [0.15, 0.2) is 12.4 Å². The summed E-state index contributed by atoms with van der Waals surface area (Å²) >= 11 is 0. The van der Waals surface area contributed by atoms with E-state index in [0.29, 0.717) is 11.3 Å². The molecule has 0 fully saturated rings. The number of ketones is 1. The fourth-order valence-electron chi connectivity index (χ4n) is 1.89. The number of rotatable bonds is 6. The molecule has 0 aliphatic rings. The fourth-order valence-corrected chi connectivity index (χ4v) is 1.89. The van der Waals surface area contributed by atoms with Gasteiger partial charge in [-0.15, -0.1) is 0 Å². The van der Waals surface area contributed by atoms with Gasteiger partial charge >= 0.3 is 0 Å². The molecule has 0 aliphatic carbocycles. The van der Waals surface area contributed by atoms with Crippen LogP contribution in [0.15, 0.2) is 48.5 Å². The highest BCUT2D eigenvalue weighted by atomic mass is 19.1. The van der Waals surface area contributed by atoms with Gasteiger partial charge in [0, 0.05) is 31.3 Å². The Hall–Kier alpha value is -3.02. The number of nitrogens with zero attached hydrogens (tertiary/aromatic N) is 1. The molecule has 0 N–H and O–H groups in total. The highest BCUT2D eigenvalue weighted by molar-refractivity contribution is 6.06. The summed E-state index contributed by atoms with van der Waals surface area (Å²) in [4.78, 5) is 24.9. The summed E-state index contributed by atoms with van der Waals surface area (Å²) in [7, 11) is 3.26. The molecule has 2 rings (SSSR count). The lowest BCUT2D eigenvalue weighted by molar-refractivity contribution is -0.130. The number of carbonyl (C=O) groups is 2. The van der Waals surface area contributed by atoms with Gasteiger partial charge in [0.2, 0.25) is 0 Å². The van der Waals surface area contributed by atoms with Crippen molar-refractivity contribution in [2.24, 2.45) is 0 Å². The van der Waals surface area contributed by atoms with Crippen LogP contribution < -0.4 is 4.74 Å². The Morgan fingerprint density at radius 3 is 2.36 bits per heavy atom. The monoisotopic (exact) mass is 345 g/mol. The van der Waals surface area contributed by atoms with E-state index >= 15 is 0 Å². The largest absolute Gasteiger partial charge is 0.484 e. The Kier molecular flexibility index (Phi) is 6.00. The van der Waals surface area contributed by atoms with Crippen LogP contribution in [0.5, 0.6) is 5.75 Å². The molecule has 25 heavy (non-hydrogen) atoms. The van der Waals surface area contributed by atoms with Crippen LogP contribution in [-0.4, -0.2) is 37.3 Å². The maximum absolute atomic E-state index is 13.5. The molecule has 2 aromatic carbocycles. The first-order valence-corrected chi connectivity index (χ1v) is 7.47. The Labute approximate surface area is 144 Å². The van der Waals surface area contributed by atoms with Gasteiger partial charge in [0.25, 0.3) is 5.91 Å². The molecule has 0 atom stereocenters. The molecule has 6 heteroatoms. The summed E-state index contributed by atoms with van der Waals surface area (Å²) < 4.78 is 31.7. The van der Waals surface area contributed by atoms with Crippen LogP contribution in [-0.2, 0) is 4.79 Å². The van der Waals surface area contributed by atoms with E-state index in [2.05, 4.69) is 0 Å². The standard InChI is InChI=1S/C19H17F2NO3/c1-22(2)19(24)12-25-16-8-4-14(5-9-16)18(23)10-6-13-3-7-15(20)11-17(13)21/h3-11H,12H2,1-2H3/b10-6+. The molecular weight excluding hydrogens is 328 g/mol. The number of hydrogen-bond donors (Lipinski definition) is 0. The third kappa shape index (κ3) is 5.24. The number of amides is 1. The highest BCUT2D eigenvalue weighted by Crippen LogP contribution is 2.15. The van der Waals surface area contributed by atoms with E-state index in [4.69, 9.17) is 4.74 Å². The van der Waals surface area contributed by atoms with Gasteiger partial charge in [-0.1, -0.05) is 0 Å². The molecule has 0 saturated carbocycles. The molecule has 130 valence electrons. The van der Waals surface area contributed by atoms with E-state index < -0.39 is 11.6 Å². The van der Waals surface area contributed by atoms with Crippen LogP contribution in [0.2, 0.25) is 0 Å². The molecule has 1 amide bonds. The first-order valence-electron chi connectivity index (χ1n) is 7.47. The molecule has 0 bridgehead atoms. The van der Waals surface area contributed by atoms with Crippen LogP contribution in [0.1, 0.15) is 15.9 Å². The van der Waals surface area contributed by atoms with Crippen LogP contribution in [0, 0.1) is 11.6 Å². The number of hydrogen-bond acceptors (Lipinski definition) is 3. The summed E-state index contributed by atoms with van der Waals surface area (Å²) in [6.45, 7) is -0.0932. The SMILES string of the molecule is CN(C)C(=O)COc1ccc(C(=O)/C=C/c2ccc(F)cc2F)cc1. The average Bonchev–Trinajstić information content (AvgIpc) is 2.59. The Balaban J connectivity index is 2.00. The second-order valence-electron chi connectivity index (χ2n) is 5.46. The van der Waals surface area contributed by atoms with Crippen molar-refractivity contribution in [2.75, 3.05) is 20.7 Å².